The van der Waals surface area contributed by atoms with Crippen molar-refractivity contribution in [2.45, 2.75) is 13.8 Å². The fourth-order valence-electron chi connectivity index (χ4n) is 2.39. The molecule has 0 aliphatic rings. The van der Waals surface area contributed by atoms with Crippen LogP contribution >= 0.6 is 0 Å². The Morgan fingerprint density at radius 1 is 1.04 bits per heavy atom. The van der Waals surface area contributed by atoms with Gasteiger partial charge in [-0.1, -0.05) is 32.0 Å². The van der Waals surface area contributed by atoms with Crippen molar-refractivity contribution in [1.82, 2.24) is 4.31 Å². The van der Waals surface area contributed by atoms with Gasteiger partial charge in [0.2, 0.25) is 0 Å². The largest absolute Gasteiger partial charge is 0.497 e. The molecule has 0 aliphatic carbocycles. The van der Waals surface area contributed by atoms with Crippen LogP contribution in [0.5, 0.6) is 5.75 Å². The van der Waals surface area contributed by atoms with E-state index >= 15 is 0 Å². The Morgan fingerprint density at radius 2 is 1.69 bits per heavy atom. The van der Waals surface area contributed by atoms with Crippen molar-refractivity contribution < 1.29 is 17.9 Å². The zero-order valence-electron chi connectivity index (χ0n) is 15.0. The molecule has 7 nitrogen and oxygen atoms in total. The van der Waals surface area contributed by atoms with Crippen LogP contribution < -0.4 is 14.8 Å². The first-order valence-electron chi connectivity index (χ1n) is 8.23. The van der Waals surface area contributed by atoms with E-state index in [1.54, 1.807) is 56.3 Å². The molecule has 0 aromatic heterocycles. The molecule has 0 saturated carbocycles. The maximum atomic E-state index is 12.5. The molecule has 1 amide bonds. The molecule has 0 aliphatic heterocycles. The molecule has 0 radical (unpaired) electrons. The Bertz CT molecular complexity index is 850. The number of anilines is 2. The van der Waals surface area contributed by atoms with E-state index in [0.717, 1.165) is 0 Å². The lowest BCUT2D eigenvalue weighted by atomic mass is 10.2. The number of carbonyl (C=O) groups is 1. The summed E-state index contributed by atoms with van der Waals surface area (Å²) in [6.45, 7) is 4.20. The first kappa shape index (κ1) is 19.7. The number of ether oxygens (including phenoxy) is 1. The van der Waals surface area contributed by atoms with E-state index in [2.05, 4.69) is 10.0 Å². The Kier molecular flexibility index (Phi) is 6.59. The minimum atomic E-state index is -3.73. The fourth-order valence-corrected chi connectivity index (χ4v) is 3.66. The van der Waals surface area contributed by atoms with Gasteiger partial charge in [-0.15, -0.1) is 0 Å². The molecule has 0 atom stereocenters. The van der Waals surface area contributed by atoms with Gasteiger partial charge in [-0.25, -0.2) is 0 Å². The predicted octanol–water partition coefficient (Wildman–Crippen LogP) is 2.95. The van der Waals surface area contributed by atoms with Crippen molar-refractivity contribution in [3.05, 3.63) is 54.1 Å². The predicted molar refractivity (Wildman–Crippen MR) is 103 cm³/mol. The van der Waals surface area contributed by atoms with Crippen LogP contribution in [0.15, 0.2) is 48.5 Å². The van der Waals surface area contributed by atoms with Crippen molar-refractivity contribution in [3.8, 4) is 5.75 Å². The highest BCUT2D eigenvalue weighted by atomic mass is 32.2. The molecule has 0 fully saturated rings. The van der Waals surface area contributed by atoms with E-state index in [0.29, 0.717) is 30.1 Å². The summed E-state index contributed by atoms with van der Waals surface area (Å²) < 4.78 is 34.0. The van der Waals surface area contributed by atoms with Crippen LogP contribution in [0.1, 0.15) is 24.2 Å². The summed E-state index contributed by atoms with van der Waals surface area (Å²) in [5.41, 5.74) is 1.05. The number of rotatable bonds is 8. The van der Waals surface area contributed by atoms with Crippen molar-refractivity contribution in [2.24, 2.45) is 0 Å². The molecular formula is C18H23N3O4S. The number of hydrogen-bond acceptors (Lipinski definition) is 4. The van der Waals surface area contributed by atoms with Gasteiger partial charge in [-0.3, -0.25) is 9.52 Å². The molecule has 0 unspecified atom stereocenters. The smallest absolute Gasteiger partial charge is 0.301 e. The summed E-state index contributed by atoms with van der Waals surface area (Å²) in [4.78, 5) is 12.4. The summed E-state index contributed by atoms with van der Waals surface area (Å²) in [5.74, 6) is 0.154. The number of methoxy groups -OCH3 is 1. The Morgan fingerprint density at radius 3 is 2.27 bits per heavy atom. The van der Waals surface area contributed by atoms with Crippen LogP contribution in [-0.4, -0.2) is 38.8 Å². The van der Waals surface area contributed by atoms with Gasteiger partial charge in [-0.05, 0) is 24.3 Å². The molecule has 0 spiro atoms. The maximum absolute atomic E-state index is 12.5. The Balaban J connectivity index is 2.34. The number of nitrogens with zero attached hydrogens (tertiary/aromatic N) is 1. The van der Waals surface area contributed by atoms with Gasteiger partial charge in [0.1, 0.15) is 5.75 Å². The summed E-state index contributed by atoms with van der Waals surface area (Å²) >= 11 is 0. The van der Waals surface area contributed by atoms with Crippen molar-refractivity contribution in [1.29, 1.82) is 0 Å². The Hall–Kier alpha value is -2.58. The normalized spacial score (nSPS) is 11.2. The minimum absolute atomic E-state index is 0.266. The number of amides is 1. The standard InChI is InChI=1S/C18H23N3O4S/c1-4-21(5-2)26(23,24)20-16-12-11-15(25-3)13-17(16)19-18(22)14-9-7-6-8-10-14/h6-13,20H,4-5H2,1-3H3,(H,19,22). The second-order valence-corrected chi connectivity index (χ2v) is 7.09. The summed E-state index contributed by atoms with van der Waals surface area (Å²) in [5, 5.41) is 2.73. The number of nitrogens with one attached hydrogen (secondary N) is 2. The van der Waals surface area contributed by atoms with Crippen LogP contribution in [0.25, 0.3) is 0 Å². The molecule has 0 saturated heterocycles. The molecule has 2 rings (SSSR count). The monoisotopic (exact) mass is 377 g/mol. The fraction of sp³-hybridized carbons (Fsp3) is 0.278. The zero-order chi connectivity index (χ0) is 19.2. The minimum Gasteiger partial charge on any atom is -0.497 e. The SMILES string of the molecule is CCN(CC)S(=O)(=O)Nc1ccc(OC)cc1NC(=O)c1ccccc1. The summed E-state index contributed by atoms with van der Waals surface area (Å²) in [7, 11) is -2.23. The third-order valence-corrected chi connectivity index (χ3v) is 5.47. The Labute approximate surface area is 154 Å². The third kappa shape index (κ3) is 4.74. The van der Waals surface area contributed by atoms with Gasteiger partial charge in [0, 0.05) is 24.7 Å². The van der Waals surface area contributed by atoms with Gasteiger partial charge < -0.3 is 10.1 Å². The van der Waals surface area contributed by atoms with E-state index in [4.69, 9.17) is 4.74 Å². The number of carbonyl (C=O) groups excluding carboxylic acids is 1. The lowest BCUT2D eigenvalue weighted by Crippen LogP contribution is -2.35. The lowest BCUT2D eigenvalue weighted by molar-refractivity contribution is 0.102. The molecule has 0 bridgehead atoms. The van der Waals surface area contributed by atoms with Gasteiger partial charge in [0.25, 0.3) is 5.91 Å². The molecule has 8 heteroatoms. The van der Waals surface area contributed by atoms with Crippen molar-refractivity contribution in [2.75, 3.05) is 30.2 Å². The van der Waals surface area contributed by atoms with E-state index in [9.17, 15) is 13.2 Å². The molecule has 140 valence electrons. The number of hydrogen-bond donors (Lipinski definition) is 2. The van der Waals surface area contributed by atoms with Crippen molar-refractivity contribution >= 4 is 27.5 Å². The average Bonchev–Trinajstić information content (AvgIpc) is 2.64. The molecule has 2 aromatic rings. The third-order valence-electron chi connectivity index (χ3n) is 3.80. The van der Waals surface area contributed by atoms with Gasteiger partial charge in [-0.2, -0.15) is 12.7 Å². The summed E-state index contributed by atoms with van der Waals surface area (Å²) in [6.07, 6.45) is 0. The van der Waals surface area contributed by atoms with Crippen LogP contribution in [-0.2, 0) is 10.2 Å². The van der Waals surface area contributed by atoms with Crippen LogP contribution in [0.2, 0.25) is 0 Å². The molecular weight excluding hydrogens is 354 g/mol. The van der Waals surface area contributed by atoms with Crippen LogP contribution in [0.4, 0.5) is 11.4 Å². The zero-order valence-corrected chi connectivity index (χ0v) is 15.8. The molecule has 2 N–H and O–H groups in total. The first-order chi connectivity index (χ1) is 12.4. The highest BCUT2D eigenvalue weighted by Gasteiger charge is 2.21. The highest BCUT2D eigenvalue weighted by molar-refractivity contribution is 7.90. The second kappa shape index (κ2) is 8.68. The molecule has 2 aromatic carbocycles. The van der Waals surface area contributed by atoms with Gasteiger partial charge in [0.05, 0.1) is 18.5 Å². The van der Waals surface area contributed by atoms with E-state index in [1.807, 2.05) is 6.07 Å². The van der Waals surface area contributed by atoms with E-state index in [-0.39, 0.29) is 11.6 Å². The highest BCUT2D eigenvalue weighted by Crippen LogP contribution is 2.29. The molecule has 26 heavy (non-hydrogen) atoms. The van der Waals surface area contributed by atoms with Crippen LogP contribution in [0.3, 0.4) is 0 Å². The lowest BCUT2D eigenvalue weighted by Gasteiger charge is -2.21. The molecule has 0 heterocycles. The van der Waals surface area contributed by atoms with E-state index in [1.165, 1.54) is 11.4 Å². The van der Waals surface area contributed by atoms with Gasteiger partial charge in [0.15, 0.2) is 0 Å². The first-order valence-corrected chi connectivity index (χ1v) is 9.67. The topological polar surface area (TPSA) is 87.7 Å². The number of benzene rings is 2. The summed E-state index contributed by atoms with van der Waals surface area (Å²) in [6, 6.07) is 13.4. The van der Waals surface area contributed by atoms with Crippen LogP contribution in [0, 0.1) is 0 Å². The second-order valence-electron chi connectivity index (χ2n) is 5.42. The quantitative estimate of drug-likeness (QED) is 0.740. The average molecular weight is 377 g/mol. The van der Waals surface area contributed by atoms with Crippen molar-refractivity contribution in [3.63, 3.8) is 0 Å². The maximum Gasteiger partial charge on any atom is 0.301 e. The van der Waals surface area contributed by atoms with E-state index < -0.39 is 10.2 Å². The van der Waals surface area contributed by atoms with Gasteiger partial charge >= 0.3 is 10.2 Å².